The number of carbonyl (C=O) groups is 1. The Morgan fingerprint density at radius 2 is 2.05 bits per heavy atom. The molecule has 3 nitrogen and oxygen atoms in total. The van der Waals surface area contributed by atoms with Crippen LogP contribution in [0.3, 0.4) is 0 Å². The summed E-state index contributed by atoms with van der Waals surface area (Å²) in [6.07, 6.45) is 3.41. The van der Waals surface area contributed by atoms with Crippen molar-refractivity contribution in [1.82, 2.24) is 10.2 Å². The molecule has 104 valence electrons. The fourth-order valence-corrected chi connectivity index (χ4v) is 3.24. The molecule has 2 aliphatic heterocycles. The van der Waals surface area contributed by atoms with Crippen molar-refractivity contribution in [3.63, 3.8) is 0 Å². The first-order chi connectivity index (χ1) is 8.75. The minimum atomic E-state index is 0. The second-order valence-corrected chi connectivity index (χ2v) is 5.46. The predicted octanol–water partition coefficient (Wildman–Crippen LogP) is 2.38. The normalized spacial score (nSPS) is 25.6. The molecule has 0 saturated carbocycles. The van der Waals surface area contributed by atoms with Crippen molar-refractivity contribution in [2.24, 2.45) is 0 Å². The zero-order chi connectivity index (χ0) is 12.5. The molecule has 1 N–H and O–H groups in total. The third-order valence-corrected chi connectivity index (χ3v) is 4.15. The molecule has 19 heavy (non-hydrogen) atoms. The monoisotopic (exact) mass is 280 g/mol. The van der Waals surface area contributed by atoms with Gasteiger partial charge in [0.1, 0.15) is 0 Å². The van der Waals surface area contributed by atoms with Crippen molar-refractivity contribution < 1.29 is 4.79 Å². The number of hydrogen-bond acceptors (Lipinski definition) is 2. The van der Waals surface area contributed by atoms with Crippen LogP contribution in [0.2, 0.25) is 0 Å². The van der Waals surface area contributed by atoms with Crippen LogP contribution in [0, 0.1) is 6.92 Å². The van der Waals surface area contributed by atoms with E-state index in [0.29, 0.717) is 12.1 Å². The number of hydrogen-bond donors (Lipinski definition) is 1. The maximum absolute atomic E-state index is 12.7. The molecular weight excluding hydrogens is 260 g/mol. The SMILES string of the molecule is Cc1cccc(C(=O)N2C3CCNCC2CC3)c1.Cl. The molecule has 2 saturated heterocycles. The number of rotatable bonds is 1. The van der Waals surface area contributed by atoms with Gasteiger partial charge in [0.15, 0.2) is 0 Å². The van der Waals surface area contributed by atoms with Crippen molar-refractivity contribution in [2.45, 2.75) is 38.3 Å². The first kappa shape index (κ1) is 14.4. The van der Waals surface area contributed by atoms with Gasteiger partial charge in [0.2, 0.25) is 0 Å². The minimum Gasteiger partial charge on any atom is -0.331 e. The van der Waals surface area contributed by atoms with Gasteiger partial charge >= 0.3 is 0 Å². The van der Waals surface area contributed by atoms with Crippen LogP contribution in [0.5, 0.6) is 0 Å². The lowest BCUT2D eigenvalue weighted by atomic mass is 10.1. The van der Waals surface area contributed by atoms with E-state index in [-0.39, 0.29) is 18.3 Å². The lowest BCUT2D eigenvalue weighted by Crippen LogP contribution is -2.42. The van der Waals surface area contributed by atoms with Gasteiger partial charge in [-0.3, -0.25) is 4.79 Å². The van der Waals surface area contributed by atoms with Crippen LogP contribution >= 0.6 is 12.4 Å². The first-order valence-electron chi connectivity index (χ1n) is 6.86. The Balaban J connectivity index is 0.00000133. The predicted molar refractivity (Wildman–Crippen MR) is 78.9 cm³/mol. The molecule has 1 aromatic carbocycles. The van der Waals surface area contributed by atoms with E-state index < -0.39 is 0 Å². The Morgan fingerprint density at radius 3 is 2.84 bits per heavy atom. The maximum atomic E-state index is 12.7. The number of amides is 1. The summed E-state index contributed by atoms with van der Waals surface area (Å²) < 4.78 is 0. The minimum absolute atomic E-state index is 0. The summed E-state index contributed by atoms with van der Waals surface area (Å²) in [4.78, 5) is 14.8. The Bertz CT molecular complexity index is 449. The molecule has 2 aliphatic rings. The zero-order valence-electron chi connectivity index (χ0n) is 11.3. The highest BCUT2D eigenvalue weighted by molar-refractivity contribution is 5.95. The molecule has 0 radical (unpaired) electrons. The van der Waals surface area contributed by atoms with Gasteiger partial charge in [-0.25, -0.2) is 0 Å². The second-order valence-electron chi connectivity index (χ2n) is 5.46. The largest absolute Gasteiger partial charge is 0.331 e. The maximum Gasteiger partial charge on any atom is 0.254 e. The highest BCUT2D eigenvalue weighted by Gasteiger charge is 2.38. The van der Waals surface area contributed by atoms with Gasteiger partial charge in [0, 0.05) is 24.2 Å². The number of aryl methyl sites for hydroxylation is 1. The summed E-state index contributed by atoms with van der Waals surface area (Å²) in [5.41, 5.74) is 2.00. The standard InChI is InChI=1S/C15H20N2O.ClH/c1-11-3-2-4-12(9-11)15(18)17-13-5-6-14(17)10-16-8-7-13;/h2-4,9,13-14,16H,5-8,10H2,1H3;1H. The molecule has 1 aromatic rings. The van der Waals surface area contributed by atoms with Gasteiger partial charge in [0.05, 0.1) is 0 Å². The van der Waals surface area contributed by atoms with Crippen LogP contribution in [0.15, 0.2) is 24.3 Å². The van der Waals surface area contributed by atoms with Crippen LogP contribution in [0.4, 0.5) is 0 Å². The van der Waals surface area contributed by atoms with Crippen molar-refractivity contribution in [2.75, 3.05) is 13.1 Å². The third kappa shape index (κ3) is 2.77. The van der Waals surface area contributed by atoms with Gasteiger partial charge in [-0.2, -0.15) is 0 Å². The Hall–Kier alpha value is -1.06. The molecule has 0 spiro atoms. The fourth-order valence-electron chi connectivity index (χ4n) is 3.24. The van der Waals surface area contributed by atoms with E-state index >= 15 is 0 Å². The van der Waals surface area contributed by atoms with Crippen molar-refractivity contribution >= 4 is 18.3 Å². The summed E-state index contributed by atoms with van der Waals surface area (Å²) in [5, 5.41) is 3.43. The molecule has 2 atom stereocenters. The number of carbonyl (C=O) groups excluding carboxylic acids is 1. The lowest BCUT2D eigenvalue weighted by molar-refractivity contribution is 0.0680. The molecule has 0 aliphatic carbocycles. The number of fused-ring (bicyclic) bond motifs is 2. The summed E-state index contributed by atoms with van der Waals surface area (Å²) >= 11 is 0. The highest BCUT2D eigenvalue weighted by Crippen LogP contribution is 2.29. The smallest absolute Gasteiger partial charge is 0.254 e. The van der Waals surface area contributed by atoms with Gasteiger partial charge in [0.25, 0.3) is 5.91 Å². The van der Waals surface area contributed by atoms with Crippen molar-refractivity contribution in [3.05, 3.63) is 35.4 Å². The van der Waals surface area contributed by atoms with Crippen LogP contribution in [-0.4, -0.2) is 36.0 Å². The topological polar surface area (TPSA) is 32.3 Å². The Labute approximate surface area is 120 Å². The van der Waals surface area contributed by atoms with Crippen molar-refractivity contribution in [3.8, 4) is 0 Å². The number of nitrogens with zero attached hydrogens (tertiary/aromatic N) is 1. The molecule has 1 amide bonds. The van der Waals surface area contributed by atoms with Gasteiger partial charge in [-0.15, -0.1) is 12.4 Å². The molecule has 2 heterocycles. The average molecular weight is 281 g/mol. The highest BCUT2D eigenvalue weighted by atomic mass is 35.5. The Morgan fingerprint density at radius 1 is 1.26 bits per heavy atom. The van der Waals surface area contributed by atoms with E-state index in [1.807, 2.05) is 31.2 Å². The molecule has 2 unspecified atom stereocenters. The lowest BCUT2D eigenvalue weighted by Gasteiger charge is -2.28. The molecular formula is C15H21ClN2O. The van der Waals surface area contributed by atoms with Crippen LogP contribution in [0.25, 0.3) is 0 Å². The van der Waals surface area contributed by atoms with Gasteiger partial charge in [-0.1, -0.05) is 17.7 Å². The van der Waals surface area contributed by atoms with Gasteiger partial charge in [-0.05, 0) is 44.9 Å². The quantitative estimate of drug-likeness (QED) is 0.857. The molecule has 2 fully saturated rings. The average Bonchev–Trinajstić information content (AvgIpc) is 2.62. The summed E-state index contributed by atoms with van der Waals surface area (Å²) in [5.74, 6) is 0.218. The Kier molecular flexibility index (Phi) is 4.48. The van der Waals surface area contributed by atoms with E-state index in [0.717, 1.165) is 37.1 Å². The van der Waals surface area contributed by atoms with Crippen LogP contribution < -0.4 is 5.32 Å². The van der Waals surface area contributed by atoms with E-state index in [2.05, 4.69) is 10.2 Å². The summed E-state index contributed by atoms with van der Waals surface area (Å²) in [6.45, 7) is 4.03. The summed E-state index contributed by atoms with van der Waals surface area (Å²) in [6, 6.07) is 8.78. The van der Waals surface area contributed by atoms with Crippen LogP contribution in [-0.2, 0) is 0 Å². The molecule has 4 heteroatoms. The number of nitrogens with one attached hydrogen (secondary N) is 1. The third-order valence-electron chi connectivity index (χ3n) is 4.15. The fraction of sp³-hybridized carbons (Fsp3) is 0.533. The number of halogens is 1. The molecule has 0 aromatic heterocycles. The van der Waals surface area contributed by atoms with Crippen molar-refractivity contribution in [1.29, 1.82) is 0 Å². The molecule has 2 bridgehead atoms. The van der Waals surface area contributed by atoms with E-state index in [1.165, 1.54) is 6.42 Å². The zero-order valence-corrected chi connectivity index (χ0v) is 12.1. The molecule has 3 rings (SSSR count). The second kappa shape index (κ2) is 5.93. The van der Waals surface area contributed by atoms with E-state index in [9.17, 15) is 4.79 Å². The first-order valence-corrected chi connectivity index (χ1v) is 6.86. The van der Waals surface area contributed by atoms with E-state index in [4.69, 9.17) is 0 Å². The van der Waals surface area contributed by atoms with Gasteiger partial charge < -0.3 is 10.2 Å². The number of benzene rings is 1. The summed E-state index contributed by atoms with van der Waals surface area (Å²) in [7, 11) is 0. The van der Waals surface area contributed by atoms with E-state index in [1.54, 1.807) is 0 Å². The van der Waals surface area contributed by atoms with Crippen LogP contribution in [0.1, 0.15) is 35.2 Å².